The first-order valence-electron chi connectivity index (χ1n) is 15.2. The molecule has 2 unspecified atom stereocenters. The van der Waals surface area contributed by atoms with E-state index in [1.54, 1.807) is 73.6 Å². The number of likely N-dealkylation sites (N-methyl/N-ethyl adjacent to an activating group) is 1. The quantitative estimate of drug-likeness (QED) is 0.212. The molecular formula is C35H35N3O10. The lowest BCUT2D eigenvalue weighted by Gasteiger charge is -2.53. The van der Waals surface area contributed by atoms with Crippen molar-refractivity contribution in [2.45, 2.75) is 30.6 Å². The Kier molecular flexibility index (Phi) is 8.23. The van der Waals surface area contributed by atoms with E-state index in [0.717, 1.165) is 0 Å². The number of carbonyl (C=O) groups excluding carboxylic acids is 4. The molecule has 6 rings (SSSR count). The third kappa shape index (κ3) is 5.16. The van der Waals surface area contributed by atoms with Gasteiger partial charge in [0, 0.05) is 23.2 Å². The number of hydrogen-bond acceptors (Lipinski definition) is 11. The molecule has 0 spiro atoms. The monoisotopic (exact) mass is 657 g/mol. The van der Waals surface area contributed by atoms with Gasteiger partial charge in [-0.2, -0.15) is 0 Å². The van der Waals surface area contributed by atoms with Crippen molar-refractivity contribution in [3.8, 4) is 28.4 Å². The maximum absolute atomic E-state index is 14.0. The first-order valence-corrected chi connectivity index (χ1v) is 15.2. The van der Waals surface area contributed by atoms with Crippen LogP contribution >= 0.6 is 0 Å². The van der Waals surface area contributed by atoms with Gasteiger partial charge >= 0.3 is 6.09 Å². The van der Waals surface area contributed by atoms with Crippen molar-refractivity contribution < 1.29 is 49.1 Å². The molecule has 13 nitrogen and oxygen atoms in total. The van der Waals surface area contributed by atoms with Crippen LogP contribution < -0.4 is 20.5 Å². The maximum atomic E-state index is 14.0. The van der Waals surface area contributed by atoms with Gasteiger partial charge in [0.2, 0.25) is 5.91 Å². The number of Topliss-reactive ketones (excluding diaryl/α,β-unsaturated/α-hetero) is 2. The van der Waals surface area contributed by atoms with Crippen LogP contribution in [0.5, 0.6) is 17.2 Å². The van der Waals surface area contributed by atoms with Gasteiger partial charge in [-0.25, -0.2) is 4.79 Å². The Morgan fingerprint density at radius 2 is 1.62 bits per heavy atom. The summed E-state index contributed by atoms with van der Waals surface area (Å²) in [6, 6.07) is 15.3. The highest BCUT2D eigenvalue weighted by atomic mass is 16.6. The van der Waals surface area contributed by atoms with Crippen molar-refractivity contribution in [2.75, 3.05) is 26.5 Å². The molecule has 250 valence electrons. The lowest BCUT2D eigenvalue weighted by atomic mass is 9.55. The van der Waals surface area contributed by atoms with Gasteiger partial charge in [-0.1, -0.05) is 18.2 Å². The fourth-order valence-electron chi connectivity index (χ4n) is 7.50. The Morgan fingerprint density at radius 1 is 0.979 bits per heavy atom. The second-order valence-corrected chi connectivity index (χ2v) is 12.5. The molecule has 3 aromatic rings. The molecule has 0 saturated heterocycles. The summed E-state index contributed by atoms with van der Waals surface area (Å²) < 4.78 is 10.4. The Morgan fingerprint density at radius 3 is 2.23 bits per heavy atom. The summed E-state index contributed by atoms with van der Waals surface area (Å²) in [5.41, 5.74) is 4.68. The number of primary amides is 1. The Labute approximate surface area is 275 Å². The minimum absolute atomic E-state index is 0.00641. The first-order chi connectivity index (χ1) is 22.8. The third-order valence-electron chi connectivity index (χ3n) is 9.69. The molecular weight excluding hydrogens is 622 g/mol. The lowest BCUT2D eigenvalue weighted by molar-refractivity contribution is -0.178. The molecule has 1 fully saturated rings. The van der Waals surface area contributed by atoms with E-state index < -0.39 is 64.8 Å². The fraction of sp³-hybridized carbons (Fsp3) is 0.314. The Balaban J connectivity index is 1.32. The number of nitrogens with zero attached hydrogens (tertiary/aromatic N) is 1. The van der Waals surface area contributed by atoms with Crippen LogP contribution in [0.3, 0.4) is 0 Å². The number of aliphatic hydroxyl groups is 3. The number of phenolic OH excluding ortho intramolecular Hbond substituents is 1. The number of fused-ring (bicyclic) bond motifs is 3. The van der Waals surface area contributed by atoms with Crippen molar-refractivity contribution >= 4 is 29.3 Å². The highest BCUT2D eigenvalue weighted by molar-refractivity contribution is 6.16. The molecule has 0 radical (unpaired) electrons. The van der Waals surface area contributed by atoms with Crippen LogP contribution in [-0.4, -0.2) is 87.8 Å². The predicted molar refractivity (Wildman–Crippen MR) is 172 cm³/mol. The topological polar surface area (TPSA) is 209 Å². The molecule has 1 saturated carbocycles. The summed E-state index contributed by atoms with van der Waals surface area (Å²) in [5, 5.41) is 47.9. The normalized spacial score (nSPS) is 26.3. The van der Waals surface area contributed by atoms with E-state index in [0.29, 0.717) is 33.9 Å². The standard InChI is InChI=1S/C35H35N3O10/c1-38(2)28-23-15-17-14-22-21(16-4-6-18(7-5-16)37-34(45)48-20-10-8-19(47-3)9-11-20)12-13-24(39)26(22)29(40)25(17)31(42)35(23,46)32(43)27(30(28)41)33(36)44/h4-13,17,23,27-28,30,39,41-42,46H,14-15H2,1-3H3,(H2,36,44)(H,37,45)/t17-,23-,27?,28+,30?,35-/m0/s1. The van der Waals surface area contributed by atoms with Gasteiger partial charge in [0.1, 0.15) is 28.9 Å². The third-order valence-corrected chi connectivity index (χ3v) is 9.69. The molecule has 3 aromatic carbocycles. The number of rotatable bonds is 6. The summed E-state index contributed by atoms with van der Waals surface area (Å²) in [4.78, 5) is 53.8. The van der Waals surface area contributed by atoms with Gasteiger partial charge in [0.05, 0.1) is 18.8 Å². The van der Waals surface area contributed by atoms with E-state index in [9.17, 15) is 39.6 Å². The number of hydrogen-bond donors (Lipinski definition) is 6. The van der Waals surface area contributed by atoms with Gasteiger partial charge in [-0.3, -0.25) is 19.7 Å². The summed E-state index contributed by atoms with van der Waals surface area (Å²) >= 11 is 0. The minimum atomic E-state index is -2.66. The second kappa shape index (κ2) is 12.1. The molecule has 0 bridgehead atoms. The largest absolute Gasteiger partial charge is 0.508 e. The number of anilines is 1. The van der Waals surface area contributed by atoms with Crippen molar-refractivity contribution in [3.63, 3.8) is 0 Å². The van der Waals surface area contributed by atoms with Crippen molar-refractivity contribution in [2.24, 2.45) is 23.5 Å². The maximum Gasteiger partial charge on any atom is 0.417 e. The molecule has 48 heavy (non-hydrogen) atoms. The van der Waals surface area contributed by atoms with Crippen molar-refractivity contribution in [1.29, 1.82) is 0 Å². The number of ether oxygens (including phenoxy) is 2. The molecule has 3 aliphatic rings. The SMILES string of the molecule is COc1ccc(OC(=O)Nc2ccc(-c3ccc(O)c4c3C[C@H]3C[C@H]5[C@@H](N(C)C)C(O)C(C(N)=O)C(=O)[C@@]5(O)C(O)=C3C4=O)cc2)cc1. The predicted octanol–water partition coefficient (Wildman–Crippen LogP) is 2.57. The number of ketones is 2. The van der Waals surface area contributed by atoms with Crippen molar-refractivity contribution in [1.82, 2.24) is 4.90 Å². The van der Waals surface area contributed by atoms with Gasteiger partial charge in [0.25, 0.3) is 0 Å². The van der Waals surface area contributed by atoms with Crippen LogP contribution in [0.25, 0.3) is 11.1 Å². The summed E-state index contributed by atoms with van der Waals surface area (Å²) in [6.45, 7) is 0. The zero-order chi connectivity index (χ0) is 34.7. The van der Waals surface area contributed by atoms with Gasteiger partial charge in [0.15, 0.2) is 17.2 Å². The molecule has 2 amide bonds. The van der Waals surface area contributed by atoms with Crippen LogP contribution in [0.2, 0.25) is 0 Å². The van der Waals surface area contributed by atoms with Gasteiger partial charge in [-0.15, -0.1) is 0 Å². The van der Waals surface area contributed by atoms with E-state index in [-0.39, 0.29) is 29.7 Å². The summed E-state index contributed by atoms with van der Waals surface area (Å²) in [7, 11) is 4.74. The highest BCUT2D eigenvalue weighted by Gasteiger charge is 2.66. The smallest absolute Gasteiger partial charge is 0.417 e. The second-order valence-electron chi connectivity index (χ2n) is 12.5. The van der Waals surface area contributed by atoms with E-state index in [4.69, 9.17) is 15.2 Å². The number of nitrogens with one attached hydrogen (secondary N) is 1. The highest BCUT2D eigenvalue weighted by Crippen LogP contribution is 2.53. The van der Waals surface area contributed by atoms with Crippen LogP contribution in [0.15, 0.2) is 72.0 Å². The molecule has 3 aliphatic carbocycles. The van der Waals surface area contributed by atoms with Crippen molar-refractivity contribution in [3.05, 3.63) is 83.1 Å². The van der Waals surface area contributed by atoms with E-state index in [1.165, 1.54) is 13.2 Å². The van der Waals surface area contributed by atoms with E-state index in [2.05, 4.69) is 5.32 Å². The number of allylic oxidation sites excluding steroid dienone is 1. The number of methoxy groups -OCH3 is 1. The number of nitrogens with two attached hydrogens (primary N) is 1. The summed E-state index contributed by atoms with van der Waals surface area (Å²) in [6.07, 6.45) is -2.11. The fourth-order valence-corrected chi connectivity index (χ4v) is 7.50. The van der Waals surface area contributed by atoms with Crippen LogP contribution in [-0.2, 0) is 16.0 Å². The molecule has 6 atom stereocenters. The zero-order valence-electron chi connectivity index (χ0n) is 26.3. The molecule has 13 heteroatoms. The summed E-state index contributed by atoms with van der Waals surface area (Å²) in [5.74, 6) is -7.00. The average molecular weight is 658 g/mol. The average Bonchev–Trinajstić information content (AvgIpc) is 3.03. The molecule has 0 aliphatic heterocycles. The first kappa shape index (κ1) is 32.7. The Hall–Kier alpha value is -5.24. The van der Waals surface area contributed by atoms with Gasteiger partial charge < -0.3 is 40.5 Å². The minimum Gasteiger partial charge on any atom is -0.508 e. The van der Waals surface area contributed by atoms with Crippen LogP contribution in [0.1, 0.15) is 22.3 Å². The van der Waals surface area contributed by atoms with Crippen LogP contribution in [0, 0.1) is 17.8 Å². The van der Waals surface area contributed by atoms with Crippen LogP contribution in [0.4, 0.5) is 10.5 Å². The number of benzene rings is 3. The number of phenols is 1. The van der Waals surface area contributed by atoms with E-state index in [1.807, 2.05) is 0 Å². The van der Waals surface area contributed by atoms with E-state index >= 15 is 0 Å². The number of carbonyl (C=O) groups is 4. The number of aromatic hydroxyl groups is 1. The molecule has 0 heterocycles. The number of aliphatic hydroxyl groups excluding tert-OH is 2. The zero-order valence-corrected chi connectivity index (χ0v) is 26.3. The number of amides is 2. The lowest BCUT2D eigenvalue weighted by Crippen LogP contribution is -2.71. The van der Waals surface area contributed by atoms with Gasteiger partial charge in [-0.05, 0) is 92.0 Å². The molecule has 0 aromatic heterocycles. The molecule has 7 N–H and O–H groups in total. The Bertz CT molecular complexity index is 1850.